The number of anilines is 8. The van der Waals surface area contributed by atoms with Gasteiger partial charge in [0.2, 0.25) is 11.9 Å². The molecule has 6 aromatic carbocycles. The number of benzene rings is 6. The summed E-state index contributed by atoms with van der Waals surface area (Å²) in [4.78, 5) is 74.4. The highest BCUT2D eigenvalue weighted by atomic mass is 19.2. The molecule has 10 rings (SSSR count). The second-order valence-electron chi connectivity index (χ2n) is 20.2. The zero-order valence-corrected chi connectivity index (χ0v) is 47.4. The molecule has 27 heteroatoms. The number of hydrogen-bond donors (Lipinski definition) is 7. The highest BCUT2D eigenvalue weighted by Gasteiger charge is 2.36. The van der Waals surface area contributed by atoms with E-state index < -0.39 is 81.9 Å². The van der Waals surface area contributed by atoms with Crippen molar-refractivity contribution in [1.82, 2.24) is 40.4 Å². The number of carboxylic acid groups (broad SMARTS) is 1. The largest absolute Gasteiger partial charge is 0.478 e. The van der Waals surface area contributed by atoms with Gasteiger partial charge in [-0.1, -0.05) is 24.3 Å². The van der Waals surface area contributed by atoms with Crippen molar-refractivity contribution in [3.05, 3.63) is 189 Å². The number of aromatic carboxylic acids is 1. The first kappa shape index (κ1) is 62.8. The van der Waals surface area contributed by atoms with Crippen molar-refractivity contribution in [2.75, 3.05) is 85.9 Å². The summed E-state index contributed by atoms with van der Waals surface area (Å²) in [5, 5.41) is 23.4. The molecule has 87 heavy (non-hydrogen) atoms. The highest BCUT2D eigenvalue weighted by Crippen LogP contribution is 2.41. The van der Waals surface area contributed by atoms with Gasteiger partial charge >= 0.3 is 18.0 Å². The number of para-hydroxylation sites is 2. The maximum atomic E-state index is 14.9. The van der Waals surface area contributed by atoms with Crippen molar-refractivity contribution < 1.29 is 59.4 Å². The molecular weight excluding hydrogens is 1150 g/mol. The van der Waals surface area contributed by atoms with Crippen LogP contribution in [0.2, 0.25) is 0 Å². The van der Waals surface area contributed by atoms with Crippen molar-refractivity contribution in [2.45, 2.75) is 26.9 Å². The Balaban J connectivity index is 0.000000200. The van der Waals surface area contributed by atoms with Crippen LogP contribution in [0.5, 0.6) is 0 Å². The predicted octanol–water partition coefficient (Wildman–Crippen LogP) is 10.9. The molecule has 8 N–H and O–H groups in total. The topological polar surface area (TPSA) is 239 Å². The Morgan fingerprint density at radius 1 is 0.563 bits per heavy atom. The fourth-order valence-corrected chi connectivity index (χ4v) is 8.96. The normalized spacial score (nSPS) is 12.5. The van der Waals surface area contributed by atoms with E-state index in [0.717, 1.165) is 70.0 Å². The number of nitrogens with zero attached hydrogens (tertiary/aromatic N) is 8. The van der Waals surface area contributed by atoms with Gasteiger partial charge in [0.15, 0.2) is 11.6 Å². The zero-order chi connectivity index (χ0) is 63.0. The van der Waals surface area contributed by atoms with Crippen LogP contribution in [0, 0.1) is 60.4 Å². The number of hydrogen-bond acceptors (Lipinski definition) is 13. The summed E-state index contributed by atoms with van der Waals surface area (Å²) < 4.78 is 111. The molecule has 0 saturated carbocycles. The number of nitrogen functional groups attached to an aromatic ring is 1. The molecule has 4 heterocycles. The van der Waals surface area contributed by atoms with Crippen LogP contribution in [0.3, 0.4) is 0 Å². The maximum Gasteiger partial charge on any atom is 0.335 e. The van der Waals surface area contributed by atoms with Crippen LogP contribution in [-0.2, 0) is 13.1 Å². The lowest BCUT2D eigenvalue weighted by Gasteiger charge is -2.31. The summed E-state index contributed by atoms with van der Waals surface area (Å²) in [5.74, 6) is -8.32. The van der Waals surface area contributed by atoms with E-state index >= 15 is 0 Å². The molecule has 0 spiro atoms. The summed E-state index contributed by atoms with van der Waals surface area (Å²) in [6.07, 6.45) is 0. The summed E-state index contributed by atoms with van der Waals surface area (Å²) in [6.45, 7) is 5.63. The number of nitrogens with one attached hydrogen (secondary N) is 5. The minimum absolute atomic E-state index is 0.00914. The highest BCUT2D eigenvalue weighted by molar-refractivity contribution is 6.06. The molecule has 2 aromatic heterocycles. The van der Waals surface area contributed by atoms with Crippen LogP contribution in [0.4, 0.5) is 91.0 Å². The standard InChI is InChI=1S/C30H27F4N7O2.C24H24F2N6O3.C6H5F2N/c1-16-7-8-17(28(42)37-20-13-18(31)12-19(32)14-20)11-21(16)25-22-15-36-30(43)41(26-23(33)5-4-6-24(26)34)27(22)39-29(38-25)35-9-10-40(2)3;1-13-7-8-14(22(33)34)11-15(13)19-16-12-28-24(35)32(20-17(25)5-4-6-18(20)26)21(16)30-23(29-19)27-9-10-31(2)3;7-4-1-5(8)3-6(9)2-4/h4-8,11-14H,9-10,15H2,1-3H3,(H,36,43)(H,37,42)(H,35,38,39);4-8,11H,9-10,12H2,1-3H3,(H,28,35)(H,33,34)(H,27,29,30);1-3H,9H2. The van der Waals surface area contributed by atoms with Crippen molar-refractivity contribution in [1.29, 1.82) is 0 Å². The smallest absolute Gasteiger partial charge is 0.335 e. The Labute approximate surface area is 492 Å². The monoisotopic (exact) mass is 1200 g/mol. The fraction of sp³-hybridized carbons (Fsp3) is 0.200. The van der Waals surface area contributed by atoms with E-state index in [1.165, 1.54) is 36.4 Å². The number of carboxylic acids is 1. The summed E-state index contributed by atoms with van der Waals surface area (Å²) in [7, 11) is 7.56. The number of urea groups is 2. The van der Waals surface area contributed by atoms with Crippen LogP contribution < -0.4 is 42.1 Å². The molecule has 452 valence electrons. The van der Waals surface area contributed by atoms with Crippen LogP contribution >= 0.6 is 0 Å². The van der Waals surface area contributed by atoms with Crippen LogP contribution in [0.25, 0.3) is 22.5 Å². The lowest BCUT2D eigenvalue weighted by molar-refractivity contribution is 0.0696. The van der Waals surface area contributed by atoms with Gasteiger partial charge in [0.25, 0.3) is 5.91 Å². The first-order valence-corrected chi connectivity index (χ1v) is 26.4. The number of nitrogens with two attached hydrogens (primary N) is 1. The minimum Gasteiger partial charge on any atom is -0.478 e. The number of halogens is 8. The molecular formula is C60H56F8N14O5. The van der Waals surface area contributed by atoms with Crippen LogP contribution in [0.1, 0.15) is 43.0 Å². The molecule has 0 atom stereocenters. The summed E-state index contributed by atoms with van der Waals surface area (Å²) in [5.41, 5.74) is 7.96. The van der Waals surface area contributed by atoms with E-state index in [0.29, 0.717) is 71.5 Å². The number of likely N-dealkylation sites (N-methyl/N-ethyl adjacent to an activating group) is 2. The Hall–Kier alpha value is -10.3. The predicted molar refractivity (Wildman–Crippen MR) is 312 cm³/mol. The van der Waals surface area contributed by atoms with E-state index in [4.69, 9.17) is 5.73 Å². The van der Waals surface area contributed by atoms with Crippen molar-refractivity contribution in [3.8, 4) is 22.5 Å². The van der Waals surface area contributed by atoms with E-state index in [1.54, 1.807) is 26.0 Å². The van der Waals surface area contributed by atoms with E-state index in [2.05, 4.69) is 46.5 Å². The van der Waals surface area contributed by atoms with Crippen molar-refractivity contribution in [2.24, 2.45) is 0 Å². The van der Waals surface area contributed by atoms with Gasteiger partial charge in [-0.25, -0.2) is 69.3 Å². The third kappa shape index (κ3) is 15.0. The average Bonchev–Trinajstić information content (AvgIpc) is 0.885. The molecule has 0 bridgehead atoms. The molecule has 5 amide bonds. The molecule has 19 nitrogen and oxygen atoms in total. The first-order chi connectivity index (χ1) is 41.4. The van der Waals surface area contributed by atoms with Gasteiger partial charge in [-0.2, -0.15) is 9.97 Å². The van der Waals surface area contributed by atoms with Gasteiger partial charge in [0, 0.05) is 77.5 Å². The number of fused-ring (bicyclic) bond motifs is 2. The molecule has 0 unspecified atom stereocenters. The Morgan fingerprint density at radius 2 is 0.954 bits per heavy atom. The van der Waals surface area contributed by atoms with Crippen LogP contribution in [-0.4, -0.2) is 113 Å². The summed E-state index contributed by atoms with van der Waals surface area (Å²) >= 11 is 0. The Bertz CT molecular complexity index is 3840. The summed E-state index contributed by atoms with van der Waals surface area (Å²) in [6, 6.07) is 20.0. The Morgan fingerprint density at radius 3 is 1.34 bits per heavy atom. The van der Waals surface area contributed by atoms with Crippen LogP contribution in [0.15, 0.2) is 109 Å². The van der Waals surface area contributed by atoms with E-state index in [9.17, 15) is 59.4 Å². The SMILES string of the molecule is Cc1ccc(C(=O)Nc2cc(F)cc(F)c2)cc1-c1nc(NCCN(C)C)nc2c1CNC(=O)N2c1c(F)cccc1F.Cc1ccc(C(=O)O)cc1-c1nc(NCCN(C)C)nc2c1CNC(=O)N2c1c(F)cccc1F.Nc1cc(F)cc(F)c1. The van der Waals surface area contributed by atoms with Gasteiger partial charge in [0.05, 0.1) is 30.0 Å². The molecule has 2 aliphatic rings. The molecule has 0 aliphatic carbocycles. The zero-order valence-electron chi connectivity index (χ0n) is 47.4. The van der Waals surface area contributed by atoms with E-state index in [1.807, 2.05) is 38.0 Å². The van der Waals surface area contributed by atoms with Crippen molar-refractivity contribution in [3.63, 3.8) is 0 Å². The third-order valence-electron chi connectivity index (χ3n) is 13.1. The Kier molecular flexibility index (Phi) is 19.6. The fourth-order valence-electron chi connectivity index (χ4n) is 8.96. The lowest BCUT2D eigenvalue weighted by Crippen LogP contribution is -2.43. The molecule has 0 radical (unpaired) electrons. The molecule has 0 saturated heterocycles. The van der Waals surface area contributed by atoms with Gasteiger partial charge < -0.3 is 47.2 Å². The average molecular weight is 1210 g/mol. The molecule has 0 fully saturated rings. The number of aromatic nitrogens is 4. The van der Waals surface area contributed by atoms with Crippen molar-refractivity contribution >= 4 is 70.2 Å². The minimum atomic E-state index is -1.11. The second kappa shape index (κ2) is 27.2. The van der Waals surface area contributed by atoms with Gasteiger partial charge in [-0.3, -0.25) is 4.79 Å². The second-order valence-corrected chi connectivity index (χ2v) is 20.2. The molecule has 8 aromatic rings. The van der Waals surface area contributed by atoms with Gasteiger partial charge in [-0.15, -0.1) is 0 Å². The number of carbonyl (C=O) groups excluding carboxylic acids is 3. The number of aryl methyl sites for hydroxylation is 2. The van der Waals surface area contributed by atoms with Gasteiger partial charge in [0.1, 0.15) is 57.9 Å². The van der Waals surface area contributed by atoms with E-state index in [-0.39, 0.29) is 59.1 Å². The number of carbonyl (C=O) groups is 4. The lowest BCUT2D eigenvalue weighted by atomic mass is 9.97. The maximum absolute atomic E-state index is 14.9. The quantitative estimate of drug-likeness (QED) is 0.0373. The number of amides is 5. The first-order valence-electron chi connectivity index (χ1n) is 26.4. The number of rotatable bonds is 15. The third-order valence-corrected chi connectivity index (χ3v) is 13.1. The molecule has 2 aliphatic heterocycles. The van der Waals surface area contributed by atoms with Gasteiger partial charge in [-0.05, 0) is 126 Å².